The number of carbonyl (C=O) groups is 2. The topological polar surface area (TPSA) is 149 Å². The molecule has 0 spiro atoms. The van der Waals surface area contributed by atoms with Crippen LogP contribution in [0.4, 0.5) is 0 Å². The van der Waals surface area contributed by atoms with E-state index in [-0.39, 0.29) is 49.8 Å². The van der Waals surface area contributed by atoms with Gasteiger partial charge < -0.3 is 44.4 Å². The van der Waals surface area contributed by atoms with E-state index >= 15 is 0 Å². The molecular weight excluding hydrogens is 936 g/mol. The van der Waals surface area contributed by atoms with Gasteiger partial charge in [-0.3, -0.25) is 9.59 Å². The summed E-state index contributed by atoms with van der Waals surface area (Å²) in [6.45, 7) is 14.5. The number of esters is 1. The Morgan fingerprint density at radius 2 is 1.22 bits per heavy atom. The number of amides is 1. The van der Waals surface area contributed by atoms with Gasteiger partial charge in [-0.2, -0.15) is 0 Å². The minimum Gasteiger partial charge on any atom is -0.388 e. The SMILES string of the molecule is CC[C@H]1OC(=O)[C@H](C)C[C@H](C)[C@@H](O[C@@H]2O[C@H](C)C[C@H](N(C)C)[C@H]2O)[C@](C)(O)C[C@@H](C)CN(C(=O)CCCCCCCCCCCCC[PH](c2ccccc2)(c2ccccc2)c2ccccc2)[C@H](C)[C@@H](O)[C@]1(C)O. The van der Waals surface area contributed by atoms with Gasteiger partial charge in [0, 0.05) is 19.0 Å². The fourth-order valence-electron chi connectivity index (χ4n) is 12.4. The van der Waals surface area contributed by atoms with Crippen molar-refractivity contribution in [3.8, 4) is 0 Å². The Balaban J connectivity index is 1.14. The van der Waals surface area contributed by atoms with Crippen molar-refractivity contribution < 1.29 is 44.2 Å². The summed E-state index contributed by atoms with van der Waals surface area (Å²) in [5, 5.41) is 52.2. The molecule has 0 bridgehead atoms. The summed E-state index contributed by atoms with van der Waals surface area (Å²) in [7, 11) is 1.63. The van der Waals surface area contributed by atoms with E-state index < -0.39 is 73.0 Å². The zero-order valence-electron chi connectivity index (χ0n) is 46.5. The molecule has 2 fully saturated rings. The number of carbonyl (C=O) groups excluding carboxylic acids is 2. The van der Waals surface area contributed by atoms with Crippen LogP contribution in [0, 0.1) is 17.8 Å². The number of hydrogen-bond donors (Lipinski definition) is 4. The van der Waals surface area contributed by atoms with E-state index in [1.54, 1.807) is 32.6 Å². The number of hydrogen-bond acceptors (Lipinski definition) is 10. The number of aliphatic hydroxyl groups is 4. The van der Waals surface area contributed by atoms with Crippen LogP contribution in [0.1, 0.15) is 158 Å². The van der Waals surface area contributed by atoms with Crippen LogP contribution < -0.4 is 15.9 Å². The third kappa shape index (κ3) is 16.4. The molecule has 13 atom stereocenters. The molecule has 0 aromatic heterocycles. The van der Waals surface area contributed by atoms with E-state index in [4.69, 9.17) is 14.2 Å². The molecule has 0 aliphatic carbocycles. The van der Waals surface area contributed by atoms with Crippen LogP contribution in [-0.4, -0.2) is 129 Å². The molecule has 2 heterocycles. The molecule has 5 rings (SSSR count). The number of aliphatic hydroxyl groups excluding tert-OH is 2. The number of rotatable bonds is 21. The Morgan fingerprint density at radius 3 is 1.70 bits per heavy atom. The molecule has 12 heteroatoms. The quantitative estimate of drug-likeness (QED) is 0.0462. The van der Waals surface area contributed by atoms with Gasteiger partial charge in [0.2, 0.25) is 5.91 Å². The van der Waals surface area contributed by atoms with Crippen molar-refractivity contribution in [2.24, 2.45) is 17.8 Å². The van der Waals surface area contributed by atoms with Gasteiger partial charge in [0.1, 0.15) is 23.9 Å². The molecule has 410 valence electrons. The Bertz CT molecular complexity index is 1960. The summed E-state index contributed by atoms with van der Waals surface area (Å²) in [5.74, 6) is -1.97. The molecule has 0 unspecified atom stereocenters. The number of benzene rings is 3. The Labute approximate surface area is 441 Å². The third-order valence-corrected chi connectivity index (χ3v) is 21.5. The number of cyclic esters (lactones) is 1. The maximum absolute atomic E-state index is 14.3. The summed E-state index contributed by atoms with van der Waals surface area (Å²) in [6.07, 6.45) is 9.66. The molecule has 3 aromatic rings. The largest absolute Gasteiger partial charge is 0.388 e. The van der Waals surface area contributed by atoms with E-state index in [9.17, 15) is 30.0 Å². The van der Waals surface area contributed by atoms with Gasteiger partial charge in [0.25, 0.3) is 0 Å². The zero-order chi connectivity index (χ0) is 53.3. The minimum absolute atomic E-state index is 0.128. The second-order valence-electron chi connectivity index (χ2n) is 23.1. The van der Waals surface area contributed by atoms with Gasteiger partial charge in [0.05, 0.1) is 29.8 Å². The van der Waals surface area contributed by atoms with Crippen LogP contribution in [-0.2, 0) is 23.8 Å². The normalized spacial score (nSPS) is 31.4. The maximum Gasteiger partial charge on any atom is 0.126 e. The van der Waals surface area contributed by atoms with Gasteiger partial charge in [-0.15, -0.1) is 0 Å². The van der Waals surface area contributed by atoms with Gasteiger partial charge in [-0.1, -0.05) is 27.7 Å². The van der Waals surface area contributed by atoms with E-state index in [2.05, 4.69) is 91.0 Å². The zero-order valence-corrected chi connectivity index (χ0v) is 47.5. The second-order valence-corrected chi connectivity index (χ2v) is 27.1. The van der Waals surface area contributed by atoms with E-state index in [1.807, 2.05) is 39.8 Å². The molecule has 2 saturated heterocycles. The predicted octanol–water partition coefficient (Wildman–Crippen LogP) is 9.31. The monoisotopic (exact) mass is 1030 g/mol. The van der Waals surface area contributed by atoms with Crippen molar-refractivity contribution in [3.63, 3.8) is 0 Å². The summed E-state index contributed by atoms with van der Waals surface area (Å²) in [6, 6.07) is 32.5. The molecule has 0 radical (unpaired) electrons. The number of likely N-dealkylation sites (N-methyl/N-ethyl adjacent to an activating group) is 1. The summed E-state index contributed by atoms with van der Waals surface area (Å²) >= 11 is 0. The Hall–Kier alpha value is -3.25. The first-order valence-corrected chi connectivity index (χ1v) is 30.4. The first-order valence-electron chi connectivity index (χ1n) is 28.2. The van der Waals surface area contributed by atoms with E-state index in [1.165, 1.54) is 73.9 Å². The fourth-order valence-corrected chi connectivity index (χ4v) is 17.3. The standard InChI is InChI=1S/C61H97N2O9P/c1-11-53-61(8,69)56(66)48(6)63(43-44(2)42-60(7,68)57(45(3)40-46(4)58(67)71-53)72-59-55(65)52(62(9)10)41-47(5)70-59)54(64)38-30-19-17-15-13-12-14-16-18-20-31-39-73(49-32-24-21-25-33-49,50-34-26-22-27-35-50)51-36-28-23-29-37-51/h21-29,32-37,44-48,52-53,55-57,59,65-66,68-69,73H,11-20,30-31,38-43H2,1-10H3/t44-,45+,46-,47-,48-,52+,53-,55-,56-,57-,59+,60-,61-/m1/s1. The molecular formula is C61H97N2O9P. The average Bonchev–Trinajstić information content (AvgIpc) is 3.37. The Kier molecular flexibility index (Phi) is 23.9. The van der Waals surface area contributed by atoms with Crippen LogP contribution >= 0.6 is 7.26 Å². The minimum atomic E-state index is -2.19. The molecule has 2 aliphatic rings. The van der Waals surface area contributed by atoms with Gasteiger partial charge in [-0.05, 0) is 79.3 Å². The molecule has 3 aromatic carbocycles. The molecule has 2 aliphatic heterocycles. The first-order chi connectivity index (χ1) is 34.7. The van der Waals surface area contributed by atoms with Crippen LogP contribution in [0.25, 0.3) is 0 Å². The van der Waals surface area contributed by atoms with Crippen molar-refractivity contribution in [3.05, 3.63) is 91.0 Å². The van der Waals surface area contributed by atoms with Crippen molar-refractivity contribution in [2.75, 3.05) is 26.8 Å². The van der Waals surface area contributed by atoms with Gasteiger partial charge >= 0.3 is 197 Å². The molecule has 73 heavy (non-hydrogen) atoms. The van der Waals surface area contributed by atoms with Crippen molar-refractivity contribution >= 4 is 35.1 Å². The average molecular weight is 1030 g/mol. The van der Waals surface area contributed by atoms with Crippen LogP contribution in [0.5, 0.6) is 0 Å². The smallest absolute Gasteiger partial charge is 0.126 e. The predicted molar refractivity (Wildman–Crippen MR) is 299 cm³/mol. The van der Waals surface area contributed by atoms with Crippen LogP contribution in [0.3, 0.4) is 0 Å². The summed E-state index contributed by atoms with van der Waals surface area (Å²) in [5.41, 5.74) is -3.33. The molecule has 11 nitrogen and oxygen atoms in total. The molecule has 4 N–H and O–H groups in total. The van der Waals surface area contributed by atoms with Crippen molar-refractivity contribution in [2.45, 2.75) is 218 Å². The Morgan fingerprint density at radius 1 is 0.740 bits per heavy atom. The second kappa shape index (κ2) is 28.8. The number of unbranched alkanes of at least 4 members (excludes halogenated alkanes) is 10. The summed E-state index contributed by atoms with van der Waals surface area (Å²) < 4.78 is 18.8. The van der Waals surface area contributed by atoms with E-state index in [0.29, 0.717) is 19.3 Å². The summed E-state index contributed by atoms with van der Waals surface area (Å²) in [4.78, 5) is 31.6. The third-order valence-electron chi connectivity index (χ3n) is 16.5. The van der Waals surface area contributed by atoms with Crippen LogP contribution in [0.15, 0.2) is 91.0 Å². The van der Waals surface area contributed by atoms with Gasteiger partial charge in [0.15, 0.2) is 6.29 Å². The van der Waals surface area contributed by atoms with Gasteiger partial charge in [-0.25, -0.2) is 0 Å². The molecule has 0 saturated carbocycles. The van der Waals surface area contributed by atoms with Crippen molar-refractivity contribution in [1.29, 1.82) is 0 Å². The number of nitrogens with zero attached hydrogens (tertiary/aromatic N) is 2. The van der Waals surface area contributed by atoms with Crippen molar-refractivity contribution in [1.82, 2.24) is 9.80 Å². The first kappa shape index (κ1) is 60.6. The maximum atomic E-state index is 14.3. The van der Waals surface area contributed by atoms with Crippen LogP contribution in [0.2, 0.25) is 0 Å². The number of ether oxygens (including phenoxy) is 3. The molecule has 1 amide bonds. The fraction of sp³-hybridized carbons (Fsp3) is 0.672. The van der Waals surface area contributed by atoms with E-state index in [0.717, 1.165) is 19.3 Å².